The Hall–Kier alpha value is -0.590. The number of hydrogen-bond acceptors (Lipinski definition) is 1. The lowest BCUT2D eigenvalue weighted by atomic mass is 10.2. The monoisotopic (exact) mass is 153 g/mol. The molecule has 0 aliphatic heterocycles. The van der Waals surface area contributed by atoms with Gasteiger partial charge in [-0.05, 0) is 32.1 Å². The molecular formula is C10H17O. The highest BCUT2D eigenvalue weighted by Gasteiger charge is 1.83. The Morgan fingerprint density at radius 2 is 1.64 bits per heavy atom. The van der Waals surface area contributed by atoms with Gasteiger partial charge in [-0.2, -0.15) is 0 Å². The van der Waals surface area contributed by atoms with Crippen molar-refractivity contribution in [3.05, 3.63) is 19.1 Å². The molecule has 11 heavy (non-hydrogen) atoms. The van der Waals surface area contributed by atoms with Gasteiger partial charge in [-0.15, -0.1) is 0 Å². The molecule has 0 amide bonds. The van der Waals surface area contributed by atoms with Crippen LogP contribution in [0.25, 0.3) is 0 Å². The second kappa shape index (κ2) is 9.41. The Morgan fingerprint density at radius 1 is 1.00 bits per heavy atom. The van der Waals surface area contributed by atoms with Crippen LogP contribution in [0.2, 0.25) is 0 Å². The van der Waals surface area contributed by atoms with E-state index in [2.05, 4.69) is 19.1 Å². The maximum atomic E-state index is 9.91. The molecule has 0 saturated carbocycles. The van der Waals surface area contributed by atoms with E-state index in [0.717, 1.165) is 38.4 Å². The van der Waals surface area contributed by atoms with Crippen molar-refractivity contribution in [2.75, 3.05) is 0 Å². The summed E-state index contributed by atoms with van der Waals surface area (Å²) in [7, 11) is 0. The third-order valence-electron chi connectivity index (χ3n) is 1.48. The molecule has 63 valence electrons. The van der Waals surface area contributed by atoms with Crippen LogP contribution in [0.5, 0.6) is 0 Å². The largest absolute Gasteiger partial charge is 0.303 e. The predicted octanol–water partition coefficient (Wildman–Crippen LogP) is 2.92. The van der Waals surface area contributed by atoms with Crippen LogP contribution in [-0.2, 0) is 4.79 Å². The summed E-state index contributed by atoms with van der Waals surface area (Å²) in [4.78, 5) is 9.91. The van der Waals surface area contributed by atoms with Crippen molar-refractivity contribution in [1.29, 1.82) is 0 Å². The van der Waals surface area contributed by atoms with E-state index in [9.17, 15) is 4.79 Å². The first-order chi connectivity index (χ1) is 5.41. The number of carbonyl (C=O) groups is 1. The van der Waals surface area contributed by atoms with E-state index in [1.807, 2.05) is 0 Å². The molecule has 0 aliphatic carbocycles. The Bertz CT molecular complexity index is 105. The molecule has 1 nitrogen and oxygen atoms in total. The minimum Gasteiger partial charge on any atom is -0.303 e. The van der Waals surface area contributed by atoms with Crippen molar-refractivity contribution in [2.24, 2.45) is 0 Å². The van der Waals surface area contributed by atoms with Gasteiger partial charge < -0.3 is 4.79 Å². The van der Waals surface area contributed by atoms with Gasteiger partial charge in [-0.25, -0.2) is 0 Å². The van der Waals surface area contributed by atoms with Gasteiger partial charge in [0.1, 0.15) is 6.29 Å². The molecule has 0 aromatic rings. The van der Waals surface area contributed by atoms with Crippen LogP contribution in [0.1, 0.15) is 38.5 Å². The van der Waals surface area contributed by atoms with Crippen LogP contribution in [0, 0.1) is 6.92 Å². The molecule has 0 aliphatic rings. The SMILES string of the molecule is [CH2]CC/C=C/CCCCC=O. The average Bonchev–Trinajstić information content (AvgIpc) is 2.03. The first-order valence-electron chi connectivity index (χ1n) is 4.29. The summed E-state index contributed by atoms with van der Waals surface area (Å²) in [5, 5.41) is 0. The molecule has 0 aromatic carbocycles. The number of rotatable bonds is 7. The number of unbranched alkanes of at least 4 members (excludes halogenated alkanes) is 4. The quantitative estimate of drug-likeness (QED) is 0.312. The maximum Gasteiger partial charge on any atom is 0.119 e. The minimum absolute atomic E-state index is 0.711. The molecule has 0 spiro atoms. The molecule has 0 rings (SSSR count). The molecule has 0 fully saturated rings. The van der Waals surface area contributed by atoms with Gasteiger partial charge >= 0.3 is 0 Å². The predicted molar refractivity (Wildman–Crippen MR) is 48.3 cm³/mol. The molecule has 0 heterocycles. The maximum absolute atomic E-state index is 9.91. The second-order valence-corrected chi connectivity index (χ2v) is 2.56. The summed E-state index contributed by atoms with van der Waals surface area (Å²) >= 11 is 0. The van der Waals surface area contributed by atoms with Crippen LogP contribution in [0.15, 0.2) is 12.2 Å². The summed E-state index contributed by atoms with van der Waals surface area (Å²) in [6.45, 7) is 3.74. The lowest BCUT2D eigenvalue weighted by molar-refractivity contribution is -0.107. The van der Waals surface area contributed by atoms with Crippen molar-refractivity contribution in [1.82, 2.24) is 0 Å². The Morgan fingerprint density at radius 3 is 2.27 bits per heavy atom. The highest BCUT2D eigenvalue weighted by molar-refractivity contribution is 5.48. The van der Waals surface area contributed by atoms with Crippen molar-refractivity contribution in [3.63, 3.8) is 0 Å². The van der Waals surface area contributed by atoms with Crippen molar-refractivity contribution in [3.8, 4) is 0 Å². The summed E-state index contributed by atoms with van der Waals surface area (Å²) in [5.74, 6) is 0. The zero-order valence-corrected chi connectivity index (χ0v) is 7.09. The third-order valence-corrected chi connectivity index (χ3v) is 1.48. The summed E-state index contributed by atoms with van der Waals surface area (Å²) in [6, 6.07) is 0. The molecule has 0 atom stereocenters. The van der Waals surface area contributed by atoms with Gasteiger partial charge in [0.25, 0.3) is 0 Å². The van der Waals surface area contributed by atoms with E-state index in [1.54, 1.807) is 0 Å². The fourth-order valence-electron chi connectivity index (χ4n) is 0.843. The van der Waals surface area contributed by atoms with E-state index in [4.69, 9.17) is 0 Å². The number of carbonyl (C=O) groups excluding carboxylic acids is 1. The van der Waals surface area contributed by atoms with Gasteiger partial charge in [0.15, 0.2) is 0 Å². The highest BCUT2D eigenvalue weighted by atomic mass is 16.1. The van der Waals surface area contributed by atoms with E-state index in [-0.39, 0.29) is 0 Å². The Balaban J connectivity index is 2.94. The summed E-state index contributed by atoms with van der Waals surface area (Å²) < 4.78 is 0. The molecule has 1 heteroatoms. The lowest BCUT2D eigenvalue weighted by Crippen LogP contribution is -1.75. The Labute approximate surface area is 69.5 Å². The summed E-state index contributed by atoms with van der Waals surface area (Å²) in [5.41, 5.74) is 0. The van der Waals surface area contributed by atoms with Crippen molar-refractivity contribution >= 4 is 6.29 Å². The molecule has 0 bridgehead atoms. The zero-order chi connectivity index (χ0) is 8.36. The highest BCUT2D eigenvalue weighted by Crippen LogP contribution is 1.99. The van der Waals surface area contributed by atoms with Crippen LogP contribution in [0.3, 0.4) is 0 Å². The fourth-order valence-corrected chi connectivity index (χ4v) is 0.843. The molecule has 1 radical (unpaired) electrons. The average molecular weight is 153 g/mol. The summed E-state index contributed by atoms with van der Waals surface area (Å²) in [6.07, 6.45) is 11.4. The van der Waals surface area contributed by atoms with Gasteiger partial charge in [-0.1, -0.05) is 19.1 Å². The standard InChI is InChI=1S/C10H17O/c1-2-3-4-5-6-7-8-9-10-11/h4-5,10H,1-3,6-9H2/b5-4+. The Kier molecular flexibility index (Phi) is 8.91. The zero-order valence-electron chi connectivity index (χ0n) is 7.09. The fraction of sp³-hybridized carbons (Fsp3) is 0.600. The van der Waals surface area contributed by atoms with Crippen LogP contribution in [-0.4, -0.2) is 6.29 Å². The number of aldehydes is 1. The molecule has 0 unspecified atom stereocenters. The molecular weight excluding hydrogens is 136 g/mol. The van der Waals surface area contributed by atoms with Crippen molar-refractivity contribution in [2.45, 2.75) is 38.5 Å². The lowest BCUT2D eigenvalue weighted by Gasteiger charge is -1.90. The van der Waals surface area contributed by atoms with Gasteiger partial charge in [0.05, 0.1) is 0 Å². The second-order valence-electron chi connectivity index (χ2n) is 2.56. The minimum atomic E-state index is 0.711. The smallest absolute Gasteiger partial charge is 0.119 e. The van der Waals surface area contributed by atoms with Gasteiger partial charge in [-0.3, -0.25) is 0 Å². The van der Waals surface area contributed by atoms with E-state index in [1.165, 1.54) is 0 Å². The van der Waals surface area contributed by atoms with E-state index in [0.29, 0.717) is 6.42 Å². The molecule has 0 N–H and O–H groups in total. The number of allylic oxidation sites excluding steroid dienone is 2. The third kappa shape index (κ3) is 9.41. The molecule has 0 aromatic heterocycles. The van der Waals surface area contributed by atoms with Crippen LogP contribution in [0.4, 0.5) is 0 Å². The normalized spacial score (nSPS) is 10.6. The van der Waals surface area contributed by atoms with E-state index < -0.39 is 0 Å². The molecule has 0 saturated heterocycles. The van der Waals surface area contributed by atoms with Gasteiger partial charge in [0.2, 0.25) is 0 Å². The first kappa shape index (κ1) is 10.4. The van der Waals surface area contributed by atoms with Crippen LogP contribution >= 0.6 is 0 Å². The van der Waals surface area contributed by atoms with Gasteiger partial charge in [0, 0.05) is 6.42 Å². The van der Waals surface area contributed by atoms with Crippen molar-refractivity contribution < 1.29 is 4.79 Å². The van der Waals surface area contributed by atoms with E-state index >= 15 is 0 Å². The number of hydrogen-bond donors (Lipinski definition) is 0. The van der Waals surface area contributed by atoms with Crippen LogP contribution < -0.4 is 0 Å². The topological polar surface area (TPSA) is 17.1 Å². The first-order valence-corrected chi connectivity index (χ1v) is 4.29.